The molecule has 0 unspecified atom stereocenters. The maximum Gasteiger partial charge on any atom is 0.288 e. The van der Waals surface area contributed by atoms with Crippen LogP contribution in [0.3, 0.4) is 0 Å². The Hall–Kier alpha value is -3.75. The molecule has 8 heteroatoms. The Morgan fingerprint density at radius 1 is 0.879 bits per heavy atom. The van der Waals surface area contributed by atoms with E-state index >= 15 is 0 Å². The van der Waals surface area contributed by atoms with E-state index in [0.29, 0.717) is 5.69 Å². The van der Waals surface area contributed by atoms with Gasteiger partial charge in [-0.15, -0.1) is 0 Å². The summed E-state index contributed by atoms with van der Waals surface area (Å²) in [6, 6.07) is 27.1. The highest BCUT2D eigenvalue weighted by Gasteiger charge is 2.17. The smallest absolute Gasteiger partial charge is 0.288 e. The first kappa shape index (κ1) is 21.1. The van der Waals surface area contributed by atoms with E-state index in [2.05, 4.69) is 42.1 Å². The van der Waals surface area contributed by atoms with Gasteiger partial charge < -0.3 is 10.3 Å². The van der Waals surface area contributed by atoms with E-state index in [1.54, 1.807) is 6.07 Å². The van der Waals surface area contributed by atoms with E-state index in [1.165, 1.54) is 0 Å². The van der Waals surface area contributed by atoms with E-state index in [9.17, 15) is 4.79 Å². The van der Waals surface area contributed by atoms with Crippen LogP contribution in [0.15, 0.2) is 89.4 Å². The number of carbonyl (C=O) groups excluding carboxylic acids is 1. The average Bonchev–Trinajstić information content (AvgIpc) is 3.22. The second-order valence-corrected chi connectivity index (χ2v) is 8.68. The van der Waals surface area contributed by atoms with Crippen LogP contribution in [-0.2, 0) is 0 Å². The molecule has 5 rings (SSSR count). The predicted molar refractivity (Wildman–Crippen MR) is 140 cm³/mol. The lowest BCUT2D eigenvalue weighted by atomic mass is 10.1. The first-order chi connectivity index (χ1) is 16.1. The van der Waals surface area contributed by atoms with Crippen molar-refractivity contribution in [1.29, 1.82) is 0 Å². The summed E-state index contributed by atoms with van der Waals surface area (Å²) in [5.41, 5.74) is 9.98. The van der Waals surface area contributed by atoms with Crippen LogP contribution in [0.4, 0.5) is 5.69 Å². The highest BCUT2D eigenvalue weighted by Crippen LogP contribution is 2.32. The van der Waals surface area contributed by atoms with Crippen LogP contribution < -0.4 is 16.2 Å². The molecular weight excluding hydrogens is 498 g/mol. The van der Waals surface area contributed by atoms with Gasteiger partial charge >= 0.3 is 0 Å². The molecular formula is C25H18BrN5OS. The molecule has 0 spiro atoms. The van der Waals surface area contributed by atoms with E-state index in [4.69, 9.17) is 12.2 Å². The Balaban J connectivity index is 1.44. The van der Waals surface area contributed by atoms with Crippen molar-refractivity contribution in [1.82, 2.24) is 20.8 Å². The number of hydrogen-bond acceptors (Lipinski definition) is 3. The van der Waals surface area contributed by atoms with Crippen molar-refractivity contribution in [3.05, 3.63) is 95.1 Å². The molecule has 0 radical (unpaired) electrons. The third kappa shape index (κ3) is 4.44. The monoisotopic (exact) mass is 515 g/mol. The Labute approximate surface area is 203 Å². The molecule has 0 bridgehead atoms. The summed E-state index contributed by atoms with van der Waals surface area (Å²) in [5.74, 6) is -0.390. The number of hydrogen-bond donors (Lipinski definition) is 4. The topological polar surface area (TPSA) is 81.8 Å². The molecule has 0 atom stereocenters. The van der Waals surface area contributed by atoms with Crippen molar-refractivity contribution >= 4 is 66.7 Å². The zero-order valence-electron chi connectivity index (χ0n) is 17.2. The van der Waals surface area contributed by atoms with Crippen molar-refractivity contribution in [2.24, 2.45) is 0 Å². The molecule has 1 amide bonds. The first-order valence-electron chi connectivity index (χ1n) is 10.2. The summed E-state index contributed by atoms with van der Waals surface area (Å²) < 4.78 is 0.966. The summed E-state index contributed by atoms with van der Waals surface area (Å²) in [7, 11) is 0. The van der Waals surface area contributed by atoms with Gasteiger partial charge in [-0.1, -0.05) is 64.5 Å². The number of carbonyl (C=O) groups is 1. The molecule has 0 aliphatic rings. The molecule has 0 aliphatic heterocycles. The van der Waals surface area contributed by atoms with Gasteiger partial charge in [0, 0.05) is 32.0 Å². The molecule has 4 N–H and O–H groups in total. The molecule has 5 aromatic rings. The second kappa shape index (κ2) is 9.01. The van der Waals surface area contributed by atoms with Crippen LogP contribution in [0.5, 0.6) is 0 Å². The molecule has 162 valence electrons. The lowest BCUT2D eigenvalue weighted by molar-refractivity contribution is 0.0939. The van der Waals surface area contributed by atoms with E-state index in [0.717, 1.165) is 37.5 Å². The number of thiocarbonyl (C=S) groups is 1. The van der Waals surface area contributed by atoms with Crippen LogP contribution >= 0.6 is 28.1 Å². The summed E-state index contributed by atoms with van der Waals surface area (Å²) >= 11 is 8.69. The van der Waals surface area contributed by atoms with E-state index < -0.39 is 0 Å². The number of benzene rings is 3. The van der Waals surface area contributed by atoms with Gasteiger partial charge in [-0.25, -0.2) is 4.98 Å². The number of pyridine rings is 1. The minimum atomic E-state index is -0.390. The van der Waals surface area contributed by atoms with Gasteiger partial charge in [0.2, 0.25) is 0 Å². The molecule has 0 saturated heterocycles. The molecule has 2 aromatic heterocycles. The zero-order chi connectivity index (χ0) is 22.8. The highest BCUT2D eigenvalue weighted by molar-refractivity contribution is 9.10. The van der Waals surface area contributed by atoms with Crippen molar-refractivity contribution in [2.75, 3.05) is 5.32 Å². The van der Waals surface area contributed by atoms with Crippen molar-refractivity contribution in [3.63, 3.8) is 0 Å². The molecule has 3 aromatic carbocycles. The maximum absolute atomic E-state index is 13.0. The highest BCUT2D eigenvalue weighted by atomic mass is 79.9. The number of fused-ring (bicyclic) bond motifs is 3. The molecule has 6 nitrogen and oxygen atoms in total. The standard InChI is InChI=1S/C25H18BrN5OS/c26-16-10-12-17(13-11-16)27-25(33)31-30-24(32)21-14-19-18-8-4-5-9-20(18)28-23(19)22(29-21)15-6-2-1-3-7-15/h1-14,28H,(H,30,32)(H2,27,31,33). The Kier molecular flexibility index (Phi) is 5.77. The van der Waals surface area contributed by atoms with Gasteiger partial charge in [-0.2, -0.15) is 0 Å². The number of aromatic nitrogens is 2. The molecule has 2 heterocycles. The zero-order valence-corrected chi connectivity index (χ0v) is 19.6. The van der Waals surface area contributed by atoms with Crippen molar-refractivity contribution in [3.8, 4) is 11.3 Å². The predicted octanol–water partition coefficient (Wildman–Crippen LogP) is 5.78. The van der Waals surface area contributed by atoms with Gasteiger partial charge in [-0.05, 0) is 48.6 Å². The number of nitrogens with zero attached hydrogens (tertiary/aromatic N) is 1. The van der Waals surface area contributed by atoms with Gasteiger partial charge in [0.05, 0.1) is 11.2 Å². The summed E-state index contributed by atoms with van der Waals surface area (Å²) in [4.78, 5) is 21.1. The second-order valence-electron chi connectivity index (χ2n) is 7.36. The summed E-state index contributed by atoms with van der Waals surface area (Å²) in [5, 5.41) is 5.25. The number of nitrogens with one attached hydrogen (secondary N) is 4. The largest absolute Gasteiger partial charge is 0.353 e. The van der Waals surface area contributed by atoms with Crippen LogP contribution in [0.1, 0.15) is 10.5 Å². The lowest BCUT2D eigenvalue weighted by Crippen LogP contribution is -2.44. The number of rotatable bonds is 3. The normalized spacial score (nSPS) is 10.8. The van der Waals surface area contributed by atoms with Gasteiger partial charge in [0.25, 0.3) is 5.91 Å². The fourth-order valence-corrected chi connectivity index (χ4v) is 4.07. The van der Waals surface area contributed by atoms with Gasteiger partial charge in [0.15, 0.2) is 5.11 Å². The number of para-hydroxylation sites is 1. The molecule has 0 saturated carbocycles. The average molecular weight is 516 g/mol. The Morgan fingerprint density at radius 2 is 1.61 bits per heavy atom. The molecule has 0 fully saturated rings. The fourth-order valence-electron chi connectivity index (χ4n) is 3.64. The summed E-state index contributed by atoms with van der Waals surface area (Å²) in [6.07, 6.45) is 0. The number of aromatic amines is 1. The van der Waals surface area contributed by atoms with Crippen LogP contribution in [0.25, 0.3) is 33.1 Å². The number of anilines is 1. The minimum absolute atomic E-state index is 0.266. The number of halogens is 1. The number of amides is 1. The van der Waals surface area contributed by atoms with Gasteiger partial charge in [-0.3, -0.25) is 15.6 Å². The third-order valence-corrected chi connectivity index (χ3v) is 5.90. The maximum atomic E-state index is 13.0. The van der Waals surface area contributed by atoms with Gasteiger partial charge in [0.1, 0.15) is 5.69 Å². The van der Waals surface area contributed by atoms with Crippen LogP contribution in [0.2, 0.25) is 0 Å². The Morgan fingerprint density at radius 3 is 2.39 bits per heavy atom. The minimum Gasteiger partial charge on any atom is -0.353 e. The quantitative estimate of drug-likeness (QED) is 0.181. The van der Waals surface area contributed by atoms with E-state index in [1.807, 2.05) is 78.9 Å². The fraction of sp³-hybridized carbons (Fsp3) is 0. The number of H-pyrrole nitrogens is 1. The van der Waals surface area contributed by atoms with Crippen LogP contribution in [-0.4, -0.2) is 21.0 Å². The third-order valence-electron chi connectivity index (χ3n) is 5.17. The SMILES string of the molecule is O=C(NNC(=S)Nc1ccc(Br)cc1)c1cc2c([nH]c3ccccc32)c(-c2ccccc2)n1. The van der Waals surface area contributed by atoms with E-state index in [-0.39, 0.29) is 16.7 Å². The molecule has 33 heavy (non-hydrogen) atoms. The lowest BCUT2D eigenvalue weighted by Gasteiger charge is -2.12. The number of hydrazine groups is 1. The summed E-state index contributed by atoms with van der Waals surface area (Å²) in [6.45, 7) is 0. The van der Waals surface area contributed by atoms with Crippen molar-refractivity contribution in [2.45, 2.75) is 0 Å². The van der Waals surface area contributed by atoms with Crippen LogP contribution in [0, 0.1) is 0 Å². The molecule has 0 aliphatic carbocycles. The first-order valence-corrected chi connectivity index (χ1v) is 11.4. The van der Waals surface area contributed by atoms with Crippen molar-refractivity contribution < 1.29 is 4.79 Å². The Bertz CT molecular complexity index is 1480.